The number of hydrogen-bond acceptors (Lipinski definition) is 7. The molecule has 0 radical (unpaired) electrons. The quantitative estimate of drug-likeness (QED) is 0.189. The molecule has 0 unspecified atom stereocenters. The maximum Gasteiger partial charge on any atom is 0.344 e. The van der Waals surface area contributed by atoms with E-state index in [0.29, 0.717) is 39.1 Å². The molecule has 4 aromatic rings. The second kappa shape index (κ2) is 10.1. The fourth-order valence-corrected chi connectivity index (χ4v) is 3.55. The number of carbonyl (C=O) groups is 1. The number of methoxy groups -OCH3 is 1. The standard InChI is InChI=1S/C25H20N2O5S/c1-30-22-15-17(26-25(33-2)27-23(28)12-10-18-7-5-13-31-18)9-11-19(22)20-14-16-6-3-4-8-21(16)32-24(20)29/h3-15H,1-2H3,(H,26,27,28). The summed E-state index contributed by atoms with van der Waals surface area (Å²) in [7, 11) is 1.52. The van der Waals surface area contributed by atoms with Crippen LogP contribution in [0.15, 0.2) is 91.6 Å². The molecule has 166 valence electrons. The molecule has 0 atom stereocenters. The highest BCUT2D eigenvalue weighted by molar-refractivity contribution is 8.13. The molecule has 2 aromatic heterocycles. The summed E-state index contributed by atoms with van der Waals surface area (Å²) in [5.74, 6) is 0.700. The molecule has 1 amide bonds. The van der Waals surface area contributed by atoms with Crippen molar-refractivity contribution in [3.8, 4) is 16.9 Å². The van der Waals surface area contributed by atoms with Crippen LogP contribution < -0.4 is 15.7 Å². The van der Waals surface area contributed by atoms with Gasteiger partial charge in [-0.1, -0.05) is 30.0 Å². The second-order valence-electron chi connectivity index (χ2n) is 6.83. The number of ether oxygens (including phenoxy) is 1. The van der Waals surface area contributed by atoms with Gasteiger partial charge in [-0.05, 0) is 48.7 Å². The number of carbonyl (C=O) groups excluding carboxylic acids is 1. The number of benzene rings is 2. The fraction of sp³-hybridized carbons (Fsp3) is 0.0800. The molecule has 7 nitrogen and oxygen atoms in total. The number of fused-ring (bicyclic) bond motifs is 1. The summed E-state index contributed by atoms with van der Waals surface area (Å²) in [6.45, 7) is 0. The molecule has 0 bridgehead atoms. The number of rotatable bonds is 5. The second-order valence-corrected chi connectivity index (χ2v) is 7.62. The number of thioether (sulfide) groups is 1. The summed E-state index contributed by atoms with van der Waals surface area (Å²) in [4.78, 5) is 29.3. The Morgan fingerprint density at radius 1 is 1.09 bits per heavy atom. The van der Waals surface area contributed by atoms with E-state index in [1.807, 2.05) is 18.2 Å². The van der Waals surface area contributed by atoms with Crippen LogP contribution in [0.5, 0.6) is 5.75 Å². The van der Waals surface area contributed by atoms with Crippen molar-refractivity contribution < 1.29 is 18.4 Å². The van der Waals surface area contributed by atoms with Gasteiger partial charge >= 0.3 is 5.63 Å². The number of amidine groups is 1. The third-order valence-corrected chi connectivity index (χ3v) is 5.29. The van der Waals surface area contributed by atoms with E-state index in [-0.39, 0.29) is 5.91 Å². The van der Waals surface area contributed by atoms with Gasteiger partial charge in [0.2, 0.25) is 5.91 Å². The van der Waals surface area contributed by atoms with Gasteiger partial charge in [0, 0.05) is 23.1 Å². The molecule has 8 heteroatoms. The Hall–Kier alpha value is -4.04. The predicted octanol–water partition coefficient (Wildman–Crippen LogP) is 5.24. The van der Waals surface area contributed by atoms with E-state index < -0.39 is 5.63 Å². The number of furan rings is 1. The molecule has 0 fully saturated rings. The van der Waals surface area contributed by atoms with Crippen LogP contribution in [0.1, 0.15) is 5.76 Å². The Bertz CT molecular complexity index is 1400. The van der Waals surface area contributed by atoms with E-state index in [2.05, 4.69) is 10.3 Å². The molecule has 0 spiro atoms. The zero-order valence-electron chi connectivity index (χ0n) is 17.9. The molecule has 0 saturated heterocycles. The molecule has 0 aliphatic heterocycles. The maximum absolute atomic E-state index is 12.6. The van der Waals surface area contributed by atoms with Crippen LogP contribution in [0.25, 0.3) is 28.2 Å². The van der Waals surface area contributed by atoms with Crippen LogP contribution in [-0.2, 0) is 4.79 Å². The van der Waals surface area contributed by atoms with Crippen LogP contribution in [0.2, 0.25) is 0 Å². The molecule has 4 rings (SSSR count). The molecule has 0 aliphatic carbocycles. The fourth-order valence-electron chi connectivity index (χ4n) is 3.15. The van der Waals surface area contributed by atoms with E-state index >= 15 is 0 Å². The van der Waals surface area contributed by atoms with Crippen molar-refractivity contribution in [3.63, 3.8) is 0 Å². The SMILES string of the molecule is COc1cc(N=C(NC(=O)C=Cc2ccco2)SC)ccc1-c1cc2ccccc2oc1=O. The minimum absolute atomic E-state index is 0.336. The number of amides is 1. The molecule has 0 aliphatic rings. The molecular formula is C25H20N2O5S. The van der Waals surface area contributed by atoms with Gasteiger partial charge in [-0.25, -0.2) is 9.79 Å². The van der Waals surface area contributed by atoms with Crippen molar-refractivity contribution in [3.05, 3.63) is 89.2 Å². The van der Waals surface area contributed by atoms with Crippen molar-refractivity contribution in [2.45, 2.75) is 0 Å². The van der Waals surface area contributed by atoms with Gasteiger partial charge in [-0.15, -0.1) is 0 Å². The van der Waals surface area contributed by atoms with E-state index in [1.165, 1.54) is 31.2 Å². The van der Waals surface area contributed by atoms with Crippen LogP contribution in [0.3, 0.4) is 0 Å². The van der Waals surface area contributed by atoms with Crippen molar-refractivity contribution >= 4 is 45.6 Å². The van der Waals surface area contributed by atoms with E-state index in [9.17, 15) is 9.59 Å². The first-order chi connectivity index (χ1) is 16.1. The Labute approximate surface area is 193 Å². The van der Waals surface area contributed by atoms with Gasteiger partial charge in [0.15, 0.2) is 5.17 Å². The Balaban J connectivity index is 1.60. The Kier molecular flexibility index (Phi) is 6.75. The lowest BCUT2D eigenvalue weighted by molar-refractivity contribution is -0.115. The number of aliphatic imine (C=N–C) groups is 1. The smallest absolute Gasteiger partial charge is 0.344 e. The first kappa shape index (κ1) is 22.2. The summed E-state index contributed by atoms with van der Waals surface area (Å²) >= 11 is 1.29. The molecular weight excluding hydrogens is 440 g/mol. The summed E-state index contributed by atoms with van der Waals surface area (Å²) in [5, 5.41) is 3.95. The first-order valence-electron chi connectivity index (χ1n) is 9.94. The van der Waals surface area contributed by atoms with Crippen molar-refractivity contribution in [2.75, 3.05) is 13.4 Å². The van der Waals surface area contributed by atoms with Crippen molar-refractivity contribution in [1.29, 1.82) is 0 Å². The zero-order valence-corrected chi connectivity index (χ0v) is 18.7. The highest BCUT2D eigenvalue weighted by atomic mass is 32.2. The zero-order chi connectivity index (χ0) is 23.2. The molecule has 0 saturated carbocycles. The van der Waals surface area contributed by atoms with E-state index in [4.69, 9.17) is 13.6 Å². The van der Waals surface area contributed by atoms with Crippen LogP contribution in [0, 0.1) is 0 Å². The first-order valence-corrected chi connectivity index (χ1v) is 11.2. The number of hydrogen-bond donors (Lipinski definition) is 1. The molecule has 33 heavy (non-hydrogen) atoms. The summed E-state index contributed by atoms with van der Waals surface area (Å²) in [6, 6.07) is 17.8. The van der Waals surface area contributed by atoms with Gasteiger partial charge in [0.25, 0.3) is 0 Å². The lowest BCUT2D eigenvalue weighted by Gasteiger charge is -2.10. The van der Waals surface area contributed by atoms with Crippen molar-refractivity contribution in [1.82, 2.24) is 5.32 Å². The van der Waals surface area contributed by atoms with Gasteiger partial charge in [0.1, 0.15) is 17.1 Å². The van der Waals surface area contributed by atoms with Crippen LogP contribution in [0.4, 0.5) is 5.69 Å². The summed E-state index contributed by atoms with van der Waals surface area (Å²) in [6.07, 6.45) is 6.28. The number of para-hydroxylation sites is 1. The average molecular weight is 461 g/mol. The average Bonchev–Trinajstić information content (AvgIpc) is 3.35. The number of nitrogens with one attached hydrogen (secondary N) is 1. The number of nitrogens with zero attached hydrogens (tertiary/aromatic N) is 1. The lowest BCUT2D eigenvalue weighted by Crippen LogP contribution is -2.26. The predicted molar refractivity (Wildman–Crippen MR) is 131 cm³/mol. The third-order valence-electron chi connectivity index (χ3n) is 4.71. The van der Waals surface area contributed by atoms with Crippen molar-refractivity contribution in [2.24, 2.45) is 4.99 Å². The monoisotopic (exact) mass is 460 g/mol. The van der Waals surface area contributed by atoms with Gasteiger partial charge in [-0.2, -0.15) is 0 Å². The van der Waals surface area contributed by atoms with E-state index in [1.54, 1.807) is 54.8 Å². The molecule has 1 N–H and O–H groups in total. The largest absolute Gasteiger partial charge is 0.496 e. The topological polar surface area (TPSA) is 94.0 Å². The van der Waals surface area contributed by atoms with Crippen LogP contribution >= 0.6 is 11.8 Å². The normalized spacial score (nSPS) is 11.8. The highest BCUT2D eigenvalue weighted by Gasteiger charge is 2.14. The van der Waals surface area contributed by atoms with Gasteiger partial charge < -0.3 is 18.9 Å². The molecule has 2 aromatic carbocycles. The third kappa shape index (κ3) is 5.24. The Morgan fingerprint density at radius 3 is 2.70 bits per heavy atom. The highest BCUT2D eigenvalue weighted by Crippen LogP contribution is 2.33. The molecule has 2 heterocycles. The maximum atomic E-state index is 12.6. The Morgan fingerprint density at radius 2 is 1.94 bits per heavy atom. The van der Waals surface area contributed by atoms with E-state index in [0.717, 1.165) is 5.39 Å². The minimum Gasteiger partial charge on any atom is -0.496 e. The van der Waals surface area contributed by atoms with Gasteiger partial charge in [0.05, 0.1) is 24.6 Å². The summed E-state index contributed by atoms with van der Waals surface area (Å²) in [5.41, 5.74) is 1.60. The van der Waals surface area contributed by atoms with Gasteiger partial charge in [-0.3, -0.25) is 4.79 Å². The minimum atomic E-state index is -0.455. The lowest BCUT2D eigenvalue weighted by atomic mass is 10.0. The van der Waals surface area contributed by atoms with Crippen LogP contribution in [-0.4, -0.2) is 24.4 Å². The summed E-state index contributed by atoms with van der Waals surface area (Å²) < 4.78 is 16.1.